The predicted molar refractivity (Wildman–Crippen MR) is 90.6 cm³/mol. The molecule has 132 valence electrons. The van der Waals surface area contributed by atoms with Crippen LogP contribution in [-0.2, 0) is 22.7 Å². The second-order valence-corrected chi connectivity index (χ2v) is 7.02. The van der Waals surface area contributed by atoms with Gasteiger partial charge >= 0.3 is 0 Å². The number of carbonyl (C=O) groups excluding carboxylic acids is 3. The van der Waals surface area contributed by atoms with Gasteiger partial charge in [-0.25, -0.2) is 0 Å². The van der Waals surface area contributed by atoms with Crippen molar-refractivity contribution in [3.63, 3.8) is 0 Å². The van der Waals surface area contributed by atoms with Crippen molar-refractivity contribution in [3.05, 3.63) is 34.9 Å². The topological polar surface area (TPSA) is 81.8 Å². The van der Waals surface area contributed by atoms with Crippen LogP contribution in [0.4, 0.5) is 0 Å². The quantitative estimate of drug-likeness (QED) is 0.744. The molecule has 2 saturated heterocycles. The maximum absolute atomic E-state index is 12.8. The van der Waals surface area contributed by atoms with E-state index >= 15 is 0 Å². The van der Waals surface area contributed by atoms with Crippen LogP contribution in [0.2, 0.25) is 0 Å². The Morgan fingerprint density at radius 3 is 2.76 bits per heavy atom. The Bertz CT molecular complexity index is 742. The van der Waals surface area contributed by atoms with Gasteiger partial charge in [0.05, 0.1) is 0 Å². The van der Waals surface area contributed by atoms with Crippen LogP contribution < -0.4 is 10.6 Å². The highest BCUT2D eigenvalue weighted by molar-refractivity contribution is 6.05. The van der Waals surface area contributed by atoms with Crippen LogP contribution in [-0.4, -0.2) is 59.7 Å². The molecule has 7 nitrogen and oxygen atoms in total. The van der Waals surface area contributed by atoms with Crippen molar-refractivity contribution < 1.29 is 14.4 Å². The van der Waals surface area contributed by atoms with E-state index < -0.39 is 6.04 Å². The molecule has 0 aromatic heterocycles. The third-order valence-corrected chi connectivity index (χ3v) is 5.44. The van der Waals surface area contributed by atoms with Crippen molar-refractivity contribution in [3.8, 4) is 0 Å². The van der Waals surface area contributed by atoms with Crippen molar-refractivity contribution in [2.24, 2.45) is 0 Å². The van der Waals surface area contributed by atoms with Crippen molar-refractivity contribution >= 4 is 17.7 Å². The van der Waals surface area contributed by atoms with E-state index in [-0.39, 0.29) is 24.1 Å². The number of benzene rings is 1. The minimum absolute atomic E-state index is 0.108. The Hall–Kier alpha value is -2.25. The number of likely N-dealkylation sites (tertiary alicyclic amines) is 1. The number of nitrogens with one attached hydrogen (secondary N) is 2. The molecule has 3 aliphatic heterocycles. The van der Waals surface area contributed by atoms with Gasteiger partial charge in [0.2, 0.25) is 11.8 Å². The highest BCUT2D eigenvalue weighted by atomic mass is 16.2. The molecule has 0 aliphatic carbocycles. The van der Waals surface area contributed by atoms with Gasteiger partial charge in [-0.05, 0) is 30.7 Å². The minimum atomic E-state index is -0.553. The number of rotatable bonds is 4. The molecule has 2 N–H and O–H groups in total. The van der Waals surface area contributed by atoms with Gasteiger partial charge in [0.1, 0.15) is 6.04 Å². The number of likely N-dealkylation sites (N-methyl/N-ethyl adjacent to an activating group) is 1. The Morgan fingerprint density at radius 2 is 2.04 bits per heavy atom. The molecular formula is C18H22N4O3. The van der Waals surface area contributed by atoms with Gasteiger partial charge in [0, 0.05) is 44.2 Å². The maximum atomic E-state index is 12.8. The Labute approximate surface area is 146 Å². The van der Waals surface area contributed by atoms with Gasteiger partial charge < -0.3 is 10.2 Å². The second-order valence-electron chi connectivity index (χ2n) is 7.02. The minimum Gasteiger partial charge on any atom is -0.322 e. The summed E-state index contributed by atoms with van der Waals surface area (Å²) in [5.41, 5.74) is 2.85. The molecule has 1 aromatic rings. The lowest BCUT2D eigenvalue weighted by Crippen LogP contribution is -2.56. The molecular weight excluding hydrogens is 320 g/mol. The zero-order chi connectivity index (χ0) is 17.6. The first-order chi connectivity index (χ1) is 12.1. The van der Waals surface area contributed by atoms with Crippen LogP contribution in [0, 0.1) is 0 Å². The fourth-order valence-corrected chi connectivity index (χ4v) is 3.92. The average molecular weight is 342 g/mol. The number of hydrogen-bond acceptors (Lipinski definition) is 5. The number of carbonyl (C=O) groups is 3. The number of amides is 3. The zero-order valence-corrected chi connectivity index (χ0v) is 14.2. The molecule has 4 rings (SSSR count). The first kappa shape index (κ1) is 16.2. The van der Waals surface area contributed by atoms with Crippen LogP contribution >= 0.6 is 0 Å². The molecule has 0 radical (unpaired) electrons. The molecule has 0 spiro atoms. The fraction of sp³-hybridized carbons (Fsp3) is 0.500. The van der Waals surface area contributed by atoms with E-state index in [4.69, 9.17) is 0 Å². The zero-order valence-electron chi connectivity index (χ0n) is 14.2. The van der Waals surface area contributed by atoms with Gasteiger partial charge in [-0.2, -0.15) is 0 Å². The summed E-state index contributed by atoms with van der Waals surface area (Å²) in [7, 11) is 1.97. The normalized spacial score (nSPS) is 24.3. The Balaban J connectivity index is 1.52. The largest absolute Gasteiger partial charge is 0.322 e. The molecule has 1 unspecified atom stereocenters. The van der Waals surface area contributed by atoms with Crippen molar-refractivity contribution in [1.82, 2.24) is 20.4 Å². The second kappa shape index (κ2) is 6.24. The van der Waals surface area contributed by atoms with E-state index in [0.717, 1.165) is 30.8 Å². The van der Waals surface area contributed by atoms with E-state index in [1.54, 1.807) is 4.90 Å². The predicted octanol–water partition coefficient (Wildman–Crippen LogP) is -0.149. The summed E-state index contributed by atoms with van der Waals surface area (Å²) in [5, 5.41) is 5.60. The highest BCUT2D eigenvalue weighted by Crippen LogP contribution is 2.30. The van der Waals surface area contributed by atoms with E-state index in [2.05, 4.69) is 21.6 Å². The van der Waals surface area contributed by atoms with Crippen molar-refractivity contribution in [1.29, 1.82) is 0 Å². The molecule has 7 heteroatoms. The van der Waals surface area contributed by atoms with E-state index in [9.17, 15) is 14.4 Å². The molecule has 25 heavy (non-hydrogen) atoms. The van der Waals surface area contributed by atoms with Crippen LogP contribution in [0.3, 0.4) is 0 Å². The molecule has 3 amide bonds. The summed E-state index contributed by atoms with van der Waals surface area (Å²) >= 11 is 0. The summed E-state index contributed by atoms with van der Waals surface area (Å²) in [5.74, 6) is -0.732. The SMILES string of the molecule is CNC1CN(Cc2cccc3c2CN(C2CCC(=O)NC2=O)C3=O)C1. The lowest BCUT2D eigenvalue weighted by molar-refractivity contribution is -0.136. The van der Waals surface area contributed by atoms with E-state index in [0.29, 0.717) is 24.6 Å². The molecule has 0 bridgehead atoms. The summed E-state index contributed by atoms with van der Waals surface area (Å²) in [4.78, 5) is 40.2. The highest BCUT2D eigenvalue weighted by Gasteiger charge is 2.40. The lowest BCUT2D eigenvalue weighted by Gasteiger charge is -2.39. The summed E-state index contributed by atoms with van der Waals surface area (Å²) in [6.45, 7) is 3.27. The van der Waals surface area contributed by atoms with Gasteiger partial charge in [-0.15, -0.1) is 0 Å². The fourth-order valence-electron chi connectivity index (χ4n) is 3.92. The smallest absolute Gasteiger partial charge is 0.255 e. The molecule has 1 aromatic carbocycles. The van der Waals surface area contributed by atoms with Crippen LogP contribution in [0.25, 0.3) is 0 Å². The standard InChI is InChI=1S/C18H22N4O3/c1-19-12-8-21(9-12)7-11-3-2-4-13-14(11)10-22(18(13)25)15-5-6-16(23)20-17(15)24/h2-4,12,15,19H,5-10H2,1H3,(H,20,23,24). The molecule has 3 heterocycles. The monoisotopic (exact) mass is 342 g/mol. The number of imide groups is 1. The van der Waals surface area contributed by atoms with Crippen LogP contribution in [0.5, 0.6) is 0 Å². The van der Waals surface area contributed by atoms with E-state index in [1.807, 2.05) is 19.2 Å². The Kier molecular flexibility index (Phi) is 4.05. The number of nitrogens with zero attached hydrogens (tertiary/aromatic N) is 2. The third kappa shape index (κ3) is 2.83. The van der Waals surface area contributed by atoms with Crippen molar-refractivity contribution in [2.45, 2.75) is 38.0 Å². The first-order valence-corrected chi connectivity index (χ1v) is 8.72. The van der Waals surface area contributed by atoms with E-state index in [1.165, 1.54) is 0 Å². The number of fused-ring (bicyclic) bond motifs is 1. The van der Waals surface area contributed by atoms with Gasteiger partial charge in [-0.3, -0.25) is 24.6 Å². The molecule has 0 saturated carbocycles. The summed E-state index contributed by atoms with van der Waals surface area (Å²) < 4.78 is 0. The van der Waals surface area contributed by atoms with Gasteiger partial charge in [0.25, 0.3) is 5.91 Å². The maximum Gasteiger partial charge on any atom is 0.255 e. The Morgan fingerprint density at radius 1 is 1.24 bits per heavy atom. The van der Waals surface area contributed by atoms with Crippen LogP contribution in [0.1, 0.15) is 34.3 Å². The first-order valence-electron chi connectivity index (χ1n) is 8.72. The van der Waals surface area contributed by atoms with Gasteiger partial charge in [0.15, 0.2) is 0 Å². The summed E-state index contributed by atoms with van der Waals surface area (Å²) in [6.07, 6.45) is 0.679. The lowest BCUT2D eigenvalue weighted by atomic mass is 10.0. The third-order valence-electron chi connectivity index (χ3n) is 5.44. The van der Waals surface area contributed by atoms with Gasteiger partial charge in [-0.1, -0.05) is 12.1 Å². The molecule has 2 fully saturated rings. The number of hydrogen-bond donors (Lipinski definition) is 2. The molecule has 1 atom stereocenters. The summed E-state index contributed by atoms with van der Waals surface area (Å²) in [6, 6.07) is 5.79. The number of piperidine rings is 1. The van der Waals surface area contributed by atoms with Crippen LogP contribution in [0.15, 0.2) is 18.2 Å². The van der Waals surface area contributed by atoms with Crippen molar-refractivity contribution in [2.75, 3.05) is 20.1 Å². The molecule has 3 aliphatic rings. The average Bonchev–Trinajstić information content (AvgIpc) is 2.88.